The quantitative estimate of drug-likeness (QED) is 0.771. The Morgan fingerprint density at radius 1 is 1.26 bits per heavy atom. The fourth-order valence-corrected chi connectivity index (χ4v) is 3.32. The molecule has 0 aromatic heterocycles. The number of fused-ring (bicyclic) bond motifs is 1. The van der Waals surface area contributed by atoms with Crippen LogP contribution in [0, 0.1) is 0 Å². The number of para-hydroxylation sites is 2. The van der Waals surface area contributed by atoms with Crippen molar-refractivity contribution in [3.05, 3.63) is 24.3 Å². The van der Waals surface area contributed by atoms with Crippen molar-refractivity contribution in [1.82, 2.24) is 5.32 Å². The summed E-state index contributed by atoms with van der Waals surface area (Å²) in [6, 6.07) is 7.85. The zero-order valence-corrected chi connectivity index (χ0v) is 13.8. The van der Waals surface area contributed by atoms with Gasteiger partial charge < -0.3 is 21.3 Å². The molecule has 2 aliphatic heterocycles. The first-order valence-electron chi connectivity index (χ1n) is 7.81. The summed E-state index contributed by atoms with van der Waals surface area (Å²) in [7, 11) is 0. The van der Waals surface area contributed by atoms with E-state index >= 15 is 0 Å². The Bertz CT molecular complexity index is 587. The molecule has 4 N–H and O–H groups in total. The van der Waals surface area contributed by atoms with Gasteiger partial charge in [-0.15, -0.1) is 12.4 Å². The van der Waals surface area contributed by atoms with E-state index in [0.29, 0.717) is 19.4 Å². The summed E-state index contributed by atoms with van der Waals surface area (Å²) in [6.45, 7) is 2.18. The lowest BCUT2D eigenvalue weighted by Crippen LogP contribution is -2.61. The van der Waals surface area contributed by atoms with Crippen molar-refractivity contribution < 1.29 is 9.59 Å². The molecule has 126 valence electrons. The molecule has 0 saturated carbocycles. The Kier molecular flexibility index (Phi) is 5.49. The lowest BCUT2D eigenvalue weighted by Gasteiger charge is -2.46. The van der Waals surface area contributed by atoms with Gasteiger partial charge in [0.15, 0.2) is 0 Å². The van der Waals surface area contributed by atoms with Crippen LogP contribution in [0.5, 0.6) is 0 Å². The molecule has 1 aromatic rings. The molecule has 1 spiro atoms. The van der Waals surface area contributed by atoms with Crippen LogP contribution in [0.25, 0.3) is 0 Å². The summed E-state index contributed by atoms with van der Waals surface area (Å²) < 4.78 is 0. The van der Waals surface area contributed by atoms with Gasteiger partial charge in [0.2, 0.25) is 5.91 Å². The van der Waals surface area contributed by atoms with E-state index in [9.17, 15) is 9.59 Å². The number of piperidine rings is 1. The van der Waals surface area contributed by atoms with Gasteiger partial charge in [-0.1, -0.05) is 12.1 Å². The molecule has 0 atom stereocenters. The van der Waals surface area contributed by atoms with Gasteiger partial charge in [0.25, 0.3) is 5.91 Å². The molecular formula is C16H23ClN4O2. The second-order valence-electron chi connectivity index (χ2n) is 6.00. The second kappa shape index (κ2) is 7.19. The topological polar surface area (TPSA) is 87.5 Å². The number of amides is 2. The van der Waals surface area contributed by atoms with Crippen molar-refractivity contribution in [2.75, 3.05) is 29.9 Å². The number of primary amides is 1. The number of halogens is 1. The number of benzene rings is 1. The Hall–Kier alpha value is -1.79. The van der Waals surface area contributed by atoms with E-state index in [0.717, 1.165) is 37.3 Å². The molecule has 23 heavy (non-hydrogen) atoms. The third-order valence-electron chi connectivity index (χ3n) is 4.49. The van der Waals surface area contributed by atoms with E-state index in [2.05, 4.69) is 10.6 Å². The molecule has 2 amide bonds. The van der Waals surface area contributed by atoms with Crippen LogP contribution in [-0.2, 0) is 9.59 Å². The van der Waals surface area contributed by atoms with Crippen LogP contribution >= 0.6 is 12.4 Å². The van der Waals surface area contributed by atoms with Crippen molar-refractivity contribution >= 4 is 35.6 Å². The molecule has 1 aromatic carbocycles. The van der Waals surface area contributed by atoms with E-state index < -0.39 is 5.54 Å². The summed E-state index contributed by atoms with van der Waals surface area (Å²) in [5.41, 5.74) is 6.57. The number of nitrogens with two attached hydrogens (primary N) is 1. The third-order valence-corrected chi connectivity index (χ3v) is 4.49. The molecule has 0 radical (unpaired) electrons. The number of rotatable bonds is 4. The first kappa shape index (κ1) is 17.6. The molecule has 2 aliphatic rings. The van der Waals surface area contributed by atoms with Crippen molar-refractivity contribution in [2.45, 2.75) is 31.2 Å². The normalized spacial score (nSPS) is 18.8. The van der Waals surface area contributed by atoms with Gasteiger partial charge in [0.1, 0.15) is 5.54 Å². The van der Waals surface area contributed by atoms with Crippen LogP contribution in [0.2, 0.25) is 0 Å². The highest BCUT2D eigenvalue weighted by Gasteiger charge is 2.46. The molecule has 0 bridgehead atoms. The third kappa shape index (κ3) is 3.43. The monoisotopic (exact) mass is 338 g/mol. The van der Waals surface area contributed by atoms with Crippen molar-refractivity contribution in [3.8, 4) is 0 Å². The second-order valence-corrected chi connectivity index (χ2v) is 6.00. The van der Waals surface area contributed by atoms with Gasteiger partial charge in [-0.25, -0.2) is 0 Å². The van der Waals surface area contributed by atoms with E-state index in [-0.39, 0.29) is 24.2 Å². The molecule has 1 fully saturated rings. The molecular weight excluding hydrogens is 316 g/mol. The maximum absolute atomic E-state index is 13.1. The first-order chi connectivity index (χ1) is 10.6. The Labute approximate surface area is 142 Å². The largest absolute Gasteiger partial charge is 0.370 e. The van der Waals surface area contributed by atoms with Gasteiger partial charge in [-0.2, -0.15) is 0 Å². The van der Waals surface area contributed by atoms with Gasteiger partial charge >= 0.3 is 0 Å². The minimum atomic E-state index is -0.522. The number of carbonyl (C=O) groups is 2. The number of anilines is 2. The van der Waals surface area contributed by atoms with E-state index in [1.165, 1.54) is 0 Å². The highest BCUT2D eigenvalue weighted by molar-refractivity contribution is 6.08. The fourth-order valence-electron chi connectivity index (χ4n) is 3.32. The molecule has 2 heterocycles. The van der Waals surface area contributed by atoms with Gasteiger partial charge in [0.05, 0.1) is 11.4 Å². The number of carbonyl (C=O) groups excluding carboxylic acids is 2. The molecule has 6 nitrogen and oxygen atoms in total. The van der Waals surface area contributed by atoms with Crippen molar-refractivity contribution in [2.24, 2.45) is 5.73 Å². The average Bonchev–Trinajstić information content (AvgIpc) is 2.52. The SMILES string of the molecule is Cl.NC(=O)CCCN1C(=O)C2(CCNCC2)Nc2ccccc21. The van der Waals surface area contributed by atoms with Gasteiger partial charge in [-0.3, -0.25) is 9.59 Å². The predicted molar refractivity (Wildman–Crippen MR) is 92.9 cm³/mol. The standard InChI is InChI=1S/C16H22N4O2.ClH/c17-14(21)6-3-11-20-13-5-2-1-4-12(13)19-16(15(20)22)7-9-18-10-8-16;/h1-2,4-5,18-19H,3,6-11H2,(H2,17,21);1H. The zero-order valence-electron chi connectivity index (χ0n) is 13.0. The number of hydrogen-bond donors (Lipinski definition) is 3. The Morgan fingerprint density at radius 3 is 2.65 bits per heavy atom. The van der Waals surface area contributed by atoms with E-state index in [1.807, 2.05) is 29.2 Å². The van der Waals surface area contributed by atoms with Crippen LogP contribution in [0.3, 0.4) is 0 Å². The molecule has 3 rings (SSSR count). The summed E-state index contributed by atoms with van der Waals surface area (Å²) >= 11 is 0. The van der Waals surface area contributed by atoms with Crippen molar-refractivity contribution in [3.63, 3.8) is 0 Å². The predicted octanol–water partition coefficient (Wildman–Crippen LogP) is 1.25. The molecule has 0 aliphatic carbocycles. The molecule has 7 heteroatoms. The summed E-state index contributed by atoms with van der Waals surface area (Å²) in [5.74, 6) is -0.218. The van der Waals surface area contributed by atoms with Crippen molar-refractivity contribution in [1.29, 1.82) is 0 Å². The first-order valence-corrected chi connectivity index (χ1v) is 7.81. The van der Waals surface area contributed by atoms with Gasteiger partial charge in [0, 0.05) is 13.0 Å². The van der Waals surface area contributed by atoms with Crippen LogP contribution in [0.15, 0.2) is 24.3 Å². The van der Waals surface area contributed by atoms with Crippen LogP contribution < -0.4 is 21.3 Å². The lowest BCUT2D eigenvalue weighted by atomic mass is 9.84. The number of nitrogens with zero attached hydrogens (tertiary/aromatic N) is 1. The van der Waals surface area contributed by atoms with Crippen LogP contribution in [0.1, 0.15) is 25.7 Å². The Balaban J connectivity index is 0.00000192. The summed E-state index contributed by atoms with van der Waals surface area (Å²) in [4.78, 5) is 25.8. The molecule has 0 unspecified atom stereocenters. The Morgan fingerprint density at radius 2 is 1.96 bits per heavy atom. The summed E-state index contributed by atoms with van der Waals surface area (Å²) in [5, 5.41) is 6.77. The molecule has 1 saturated heterocycles. The highest BCUT2D eigenvalue weighted by atomic mass is 35.5. The fraction of sp³-hybridized carbons (Fsp3) is 0.500. The lowest BCUT2D eigenvalue weighted by molar-refractivity contribution is -0.124. The highest BCUT2D eigenvalue weighted by Crippen LogP contribution is 2.38. The van der Waals surface area contributed by atoms with E-state index in [4.69, 9.17) is 5.73 Å². The zero-order chi connectivity index (χ0) is 15.6. The van der Waals surface area contributed by atoms with Crippen LogP contribution in [0.4, 0.5) is 11.4 Å². The average molecular weight is 339 g/mol. The minimum Gasteiger partial charge on any atom is -0.370 e. The van der Waals surface area contributed by atoms with E-state index in [1.54, 1.807) is 0 Å². The van der Waals surface area contributed by atoms with Gasteiger partial charge in [-0.05, 0) is 44.5 Å². The number of hydrogen-bond acceptors (Lipinski definition) is 4. The van der Waals surface area contributed by atoms with Crippen LogP contribution in [-0.4, -0.2) is 37.0 Å². The smallest absolute Gasteiger partial charge is 0.252 e. The summed E-state index contributed by atoms with van der Waals surface area (Å²) in [6.07, 6.45) is 2.43. The maximum Gasteiger partial charge on any atom is 0.252 e. The number of nitrogens with one attached hydrogen (secondary N) is 2. The maximum atomic E-state index is 13.1. The minimum absolute atomic E-state index is 0.